The van der Waals surface area contributed by atoms with Gasteiger partial charge in [0.05, 0.1) is 12.6 Å². The Morgan fingerprint density at radius 3 is 2.74 bits per heavy atom. The quantitative estimate of drug-likeness (QED) is 0.684. The SMILES string of the molecule is CC(C)(C)N1CC[C@@H](Oc2ccc3c(c2)OCC32C(=O)N(C[C@H]3CCCO3)c3ccccc32)C1. The minimum absolute atomic E-state index is 0.0910. The summed E-state index contributed by atoms with van der Waals surface area (Å²) in [7, 11) is 0. The summed E-state index contributed by atoms with van der Waals surface area (Å²) in [6.07, 6.45) is 3.35. The van der Waals surface area contributed by atoms with Crippen molar-refractivity contribution in [2.24, 2.45) is 0 Å². The van der Waals surface area contributed by atoms with Gasteiger partial charge < -0.3 is 19.1 Å². The Balaban J connectivity index is 1.27. The maximum absolute atomic E-state index is 14.0. The van der Waals surface area contributed by atoms with E-state index in [1.54, 1.807) is 0 Å². The molecule has 4 aliphatic heterocycles. The second-order valence-electron chi connectivity index (χ2n) is 11.1. The normalized spacial score (nSPS) is 28.4. The lowest BCUT2D eigenvalue weighted by Gasteiger charge is -2.31. The van der Waals surface area contributed by atoms with Crippen LogP contribution in [0.1, 0.15) is 51.2 Å². The van der Waals surface area contributed by atoms with Gasteiger partial charge in [0, 0.05) is 42.6 Å². The monoisotopic (exact) mass is 462 g/mol. The highest BCUT2D eigenvalue weighted by atomic mass is 16.5. The van der Waals surface area contributed by atoms with Crippen molar-refractivity contribution in [2.45, 2.75) is 63.2 Å². The number of ether oxygens (including phenoxy) is 3. The number of benzene rings is 2. The largest absolute Gasteiger partial charge is 0.491 e. The van der Waals surface area contributed by atoms with E-state index in [2.05, 4.69) is 31.7 Å². The molecular weight excluding hydrogens is 428 g/mol. The van der Waals surface area contributed by atoms with E-state index in [0.29, 0.717) is 13.2 Å². The molecule has 6 rings (SSSR count). The van der Waals surface area contributed by atoms with Gasteiger partial charge in [0.2, 0.25) is 5.91 Å². The Morgan fingerprint density at radius 1 is 1.12 bits per heavy atom. The second kappa shape index (κ2) is 7.99. The molecule has 34 heavy (non-hydrogen) atoms. The van der Waals surface area contributed by atoms with Crippen LogP contribution in [0.15, 0.2) is 42.5 Å². The van der Waals surface area contributed by atoms with Crippen molar-refractivity contribution in [3.05, 3.63) is 53.6 Å². The maximum atomic E-state index is 14.0. The van der Waals surface area contributed by atoms with Gasteiger partial charge in [-0.25, -0.2) is 0 Å². The molecule has 1 spiro atoms. The molecule has 0 aromatic heterocycles. The number of anilines is 1. The molecule has 3 atom stereocenters. The molecule has 2 aromatic carbocycles. The van der Waals surface area contributed by atoms with Crippen molar-refractivity contribution >= 4 is 11.6 Å². The van der Waals surface area contributed by atoms with Crippen LogP contribution >= 0.6 is 0 Å². The molecule has 180 valence electrons. The number of carbonyl (C=O) groups is 1. The van der Waals surface area contributed by atoms with Crippen molar-refractivity contribution in [1.29, 1.82) is 0 Å². The van der Waals surface area contributed by atoms with Gasteiger partial charge >= 0.3 is 0 Å². The molecule has 0 N–H and O–H groups in total. The zero-order chi connectivity index (χ0) is 23.5. The highest BCUT2D eigenvalue weighted by molar-refractivity contribution is 6.11. The second-order valence-corrected chi connectivity index (χ2v) is 11.1. The number of rotatable bonds is 4. The van der Waals surface area contributed by atoms with Crippen molar-refractivity contribution in [3.63, 3.8) is 0 Å². The maximum Gasteiger partial charge on any atom is 0.245 e. The van der Waals surface area contributed by atoms with Crippen LogP contribution in [-0.2, 0) is 14.9 Å². The van der Waals surface area contributed by atoms with E-state index >= 15 is 0 Å². The zero-order valence-electron chi connectivity index (χ0n) is 20.4. The lowest BCUT2D eigenvalue weighted by molar-refractivity contribution is -0.122. The Morgan fingerprint density at radius 2 is 1.97 bits per heavy atom. The number of fused-ring (bicyclic) bond motifs is 4. The van der Waals surface area contributed by atoms with Crippen LogP contribution in [0.4, 0.5) is 5.69 Å². The Kier molecular flexibility index (Phi) is 5.15. The lowest BCUT2D eigenvalue weighted by atomic mass is 9.77. The van der Waals surface area contributed by atoms with E-state index in [0.717, 1.165) is 67.3 Å². The number of amides is 1. The fourth-order valence-electron chi connectivity index (χ4n) is 6.04. The van der Waals surface area contributed by atoms with Crippen LogP contribution in [0.3, 0.4) is 0 Å². The molecule has 1 unspecified atom stereocenters. The van der Waals surface area contributed by atoms with E-state index in [1.807, 2.05) is 41.3 Å². The van der Waals surface area contributed by atoms with Crippen molar-refractivity contribution in [2.75, 3.05) is 37.7 Å². The van der Waals surface area contributed by atoms with Gasteiger partial charge in [0.25, 0.3) is 0 Å². The van der Waals surface area contributed by atoms with Gasteiger partial charge in [-0.3, -0.25) is 9.69 Å². The van der Waals surface area contributed by atoms with Crippen molar-refractivity contribution < 1.29 is 19.0 Å². The fourth-order valence-corrected chi connectivity index (χ4v) is 6.04. The average Bonchev–Trinajstić information content (AvgIpc) is 3.59. The third kappa shape index (κ3) is 3.42. The van der Waals surface area contributed by atoms with Crippen LogP contribution in [0.5, 0.6) is 11.5 Å². The molecule has 4 aliphatic rings. The molecule has 4 heterocycles. The predicted molar refractivity (Wildman–Crippen MR) is 131 cm³/mol. The van der Waals surface area contributed by atoms with Crippen LogP contribution < -0.4 is 14.4 Å². The molecule has 6 heteroatoms. The van der Waals surface area contributed by atoms with Crippen LogP contribution in [0.2, 0.25) is 0 Å². The third-order valence-electron chi connectivity index (χ3n) is 7.93. The fraction of sp³-hybridized carbons (Fsp3) is 0.536. The van der Waals surface area contributed by atoms with Crippen molar-refractivity contribution in [1.82, 2.24) is 4.90 Å². The molecule has 2 saturated heterocycles. The van der Waals surface area contributed by atoms with E-state index in [9.17, 15) is 4.79 Å². The molecule has 1 amide bonds. The zero-order valence-corrected chi connectivity index (χ0v) is 20.4. The molecule has 0 radical (unpaired) electrons. The predicted octanol–water partition coefficient (Wildman–Crippen LogP) is 4.14. The van der Waals surface area contributed by atoms with Gasteiger partial charge in [-0.05, 0) is 57.7 Å². The van der Waals surface area contributed by atoms with Gasteiger partial charge in [0.1, 0.15) is 29.6 Å². The van der Waals surface area contributed by atoms with Gasteiger partial charge in [-0.1, -0.05) is 24.3 Å². The summed E-state index contributed by atoms with van der Waals surface area (Å²) in [4.78, 5) is 18.4. The highest BCUT2D eigenvalue weighted by Crippen LogP contribution is 2.53. The Labute approximate surface area is 201 Å². The molecule has 0 saturated carbocycles. The number of nitrogens with zero attached hydrogens (tertiary/aromatic N) is 2. The lowest BCUT2D eigenvalue weighted by Crippen LogP contribution is -2.44. The Hall–Kier alpha value is -2.57. The first kappa shape index (κ1) is 21.9. The summed E-state index contributed by atoms with van der Waals surface area (Å²) >= 11 is 0. The van der Waals surface area contributed by atoms with Crippen LogP contribution in [0, 0.1) is 0 Å². The van der Waals surface area contributed by atoms with Gasteiger partial charge in [0.15, 0.2) is 0 Å². The van der Waals surface area contributed by atoms with E-state index < -0.39 is 5.41 Å². The molecule has 2 fully saturated rings. The van der Waals surface area contributed by atoms with Crippen LogP contribution in [-0.4, -0.2) is 61.4 Å². The first-order valence-corrected chi connectivity index (χ1v) is 12.6. The first-order chi connectivity index (χ1) is 16.4. The molecule has 2 aromatic rings. The van der Waals surface area contributed by atoms with E-state index in [4.69, 9.17) is 14.2 Å². The van der Waals surface area contributed by atoms with E-state index in [1.165, 1.54) is 0 Å². The van der Waals surface area contributed by atoms with Gasteiger partial charge in [-0.2, -0.15) is 0 Å². The third-order valence-corrected chi connectivity index (χ3v) is 7.93. The molecule has 0 bridgehead atoms. The minimum atomic E-state index is -0.792. The molecular formula is C28H34N2O4. The number of likely N-dealkylation sites (tertiary alicyclic amines) is 1. The van der Waals surface area contributed by atoms with Gasteiger partial charge in [-0.15, -0.1) is 0 Å². The summed E-state index contributed by atoms with van der Waals surface area (Å²) < 4.78 is 18.4. The summed E-state index contributed by atoms with van der Waals surface area (Å²) in [6, 6.07) is 14.2. The Bertz CT molecular complexity index is 1100. The summed E-state index contributed by atoms with van der Waals surface area (Å²) in [5, 5.41) is 0. The standard InChI is InChI=1S/C28H34N2O4/c1-27(2,3)29-13-12-21(16-29)34-19-10-11-23-25(15-19)33-18-28(23)22-8-4-5-9-24(22)30(26(28)31)17-20-7-6-14-32-20/h4-5,8-11,15,20-21H,6-7,12-14,16-18H2,1-3H3/t20-,21-,28?/m1/s1. The molecule has 0 aliphatic carbocycles. The smallest absolute Gasteiger partial charge is 0.245 e. The topological polar surface area (TPSA) is 51.2 Å². The number of carbonyl (C=O) groups excluding carboxylic acids is 1. The number of hydrogen-bond acceptors (Lipinski definition) is 5. The summed E-state index contributed by atoms with van der Waals surface area (Å²) in [6.45, 7) is 10.4. The summed E-state index contributed by atoms with van der Waals surface area (Å²) in [5.74, 6) is 1.66. The summed E-state index contributed by atoms with van der Waals surface area (Å²) in [5.41, 5.74) is 2.31. The van der Waals surface area contributed by atoms with E-state index in [-0.39, 0.29) is 23.7 Å². The van der Waals surface area contributed by atoms with Crippen LogP contribution in [0.25, 0.3) is 0 Å². The molecule has 6 nitrogen and oxygen atoms in total. The van der Waals surface area contributed by atoms with Crippen molar-refractivity contribution in [3.8, 4) is 11.5 Å². The average molecular weight is 463 g/mol. The minimum Gasteiger partial charge on any atom is -0.491 e. The first-order valence-electron chi connectivity index (χ1n) is 12.6. The highest BCUT2D eigenvalue weighted by Gasteiger charge is 2.57. The number of para-hydroxylation sites is 1. The number of hydrogen-bond donors (Lipinski definition) is 0.